The van der Waals surface area contributed by atoms with Crippen molar-refractivity contribution in [1.29, 1.82) is 0 Å². The molecule has 0 aromatic heterocycles. The highest BCUT2D eigenvalue weighted by atomic mass is 16.1. The van der Waals surface area contributed by atoms with Gasteiger partial charge in [0.1, 0.15) is 6.29 Å². The number of hydrogen-bond acceptors (Lipinski definition) is 3. The second-order valence-corrected chi connectivity index (χ2v) is 2.55. The van der Waals surface area contributed by atoms with E-state index in [0.717, 1.165) is 12.7 Å². The topological polar surface area (TPSA) is 46.3 Å². The molecule has 62 valence electrons. The summed E-state index contributed by atoms with van der Waals surface area (Å²) >= 11 is 0. The molecule has 0 saturated heterocycles. The molecule has 0 saturated carbocycles. The standard InChI is InChI=1S/C4H9NO.C3H9N/c1-2-4(5)3-6;1-4(2)3/h3-4H,2,5H2,1H3;1-3H3. The number of hydrogen-bond donors (Lipinski definition) is 1. The van der Waals surface area contributed by atoms with E-state index < -0.39 is 0 Å². The Morgan fingerprint density at radius 3 is 1.80 bits per heavy atom. The van der Waals surface area contributed by atoms with Crippen molar-refractivity contribution in [3.63, 3.8) is 0 Å². The van der Waals surface area contributed by atoms with Crippen LogP contribution in [0.3, 0.4) is 0 Å². The molecule has 1 atom stereocenters. The highest BCUT2D eigenvalue weighted by Crippen LogP contribution is 1.75. The number of nitrogens with zero attached hydrogens (tertiary/aromatic N) is 1. The molecule has 0 aliphatic rings. The van der Waals surface area contributed by atoms with Gasteiger partial charge in [0.25, 0.3) is 0 Å². The number of rotatable bonds is 2. The lowest BCUT2D eigenvalue weighted by Gasteiger charge is -1.90. The van der Waals surface area contributed by atoms with Gasteiger partial charge < -0.3 is 15.4 Å². The first-order valence-corrected chi connectivity index (χ1v) is 3.36. The van der Waals surface area contributed by atoms with Crippen molar-refractivity contribution in [3.05, 3.63) is 0 Å². The van der Waals surface area contributed by atoms with Crippen LogP contribution in [0.25, 0.3) is 0 Å². The van der Waals surface area contributed by atoms with E-state index in [0.29, 0.717) is 0 Å². The van der Waals surface area contributed by atoms with Crippen LogP contribution in [0.5, 0.6) is 0 Å². The largest absolute Gasteiger partial charge is 0.322 e. The van der Waals surface area contributed by atoms with E-state index in [9.17, 15) is 4.79 Å². The smallest absolute Gasteiger partial charge is 0.136 e. The minimum atomic E-state index is -0.245. The molecule has 1 unspecified atom stereocenters. The molecular weight excluding hydrogens is 128 g/mol. The van der Waals surface area contributed by atoms with Crippen molar-refractivity contribution in [2.75, 3.05) is 21.1 Å². The first-order chi connectivity index (χ1) is 4.54. The van der Waals surface area contributed by atoms with Crippen LogP contribution in [0.15, 0.2) is 0 Å². The van der Waals surface area contributed by atoms with Crippen LogP contribution in [0.1, 0.15) is 13.3 Å². The zero-order valence-electron chi connectivity index (χ0n) is 7.29. The molecule has 0 aromatic rings. The fourth-order valence-electron chi connectivity index (χ4n) is 0.0962. The highest BCUT2D eigenvalue weighted by molar-refractivity contribution is 5.56. The molecule has 10 heavy (non-hydrogen) atoms. The van der Waals surface area contributed by atoms with Crippen LogP contribution < -0.4 is 5.73 Å². The van der Waals surface area contributed by atoms with Crippen molar-refractivity contribution in [3.8, 4) is 0 Å². The van der Waals surface area contributed by atoms with Gasteiger partial charge in [-0.3, -0.25) is 0 Å². The zero-order chi connectivity index (χ0) is 8.57. The number of nitrogens with two attached hydrogens (primary N) is 1. The fourth-order valence-corrected chi connectivity index (χ4v) is 0.0962. The van der Waals surface area contributed by atoms with Gasteiger partial charge in [-0.2, -0.15) is 0 Å². The maximum absolute atomic E-state index is 9.61. The maximum Gasteiger partial charge on any atom is 0.136 e. The quantitative estimate of drug-likeness (QED) is 0.562. The number of carbonyl (C=O) groups excluding carboxylic acids is 1. The lowest BCUT2D eigenvalue weighted by molar-refractivity contribution is -0.108. The Morgan fingerprint density at radius 1 is 1.50 bits per heavy atom. The lowest BCUT2D eigenvalue weighted by atomic mass is 10.3. The third-order valence-electron chi connectivity index (χ3n) is 0.646. The number of carbonyl (C=O) groups is 1. The van der Waals surface area contributed by atoms with Crippen LogP contribution >= 0.6 is 0 Å². The summed E-state index contributed by atoms with van der Waals surface area (Å²) in [4.78, 5) is 11.6. The van der Waals surface area contributed by atoms with Gasteiger partial charge >= 0.3 is 0 Å². The molecule has 0 aliphatic carbocycles. The molecule has 3 heteroatoms. The summed E-state index contributed by atoms with van der Waals surface area (Å²) in [5.74, 6) is 0. The normalized spacial score (nSPS) is 11.8. The van der Waals surface area contributed by atoms with Crippen molar-refractivity contribution in [1.82, 2.24) is 4.90 Å². The van der Waals surface area contributed by atoms with Gasteiger partial charge in [0.05, 0.1) is 6.04 Å². The molecule has 2 N–H and O–H groups in total. The molecule has 0 amide bonds. The summed E-state index contributed by atoms with van der Waals surface area (Å²) in [5.41, 5.74) is 5.10. The van der Waals surface area contributed by atoms with Crippen molar-refractivity contribution >= 4 is 6.29 Å². The van der Waals surface area contributed by atoms with E-state index in [1.807, 2.05) is 33.0 Å². The maximum atomic E-state index is 9.61. The summed E-state index contributed by atoms with van der Waals surface area (Å²) in [6, 6.07) is -0.245. The van der Waals surface area contributed by atoms with E-state index >= 15 is 0 Å². The molecule has 0 aliphatic heterocycles. The van der Waals surface area contributed by atoms with Crippen LogP contribution in [-0.4, -0.2) is 38.4 Å². The molecule has 0 radical (unpaired) electrons. The molecule has 0 fully saturated rings. The second kappa shape index (κ2) is 8.59. The van der Waals surface area contributed by atoms with E-state index in [1.165, 1.54) is 0 Å². The first kappa shape index (κ1) is 12.3. The second-order valence-electron chi connectivity index (χ2n) is 2.55. The summed E-state index contributed by atoms with van der Waals surface area (Å²) in [7, 11) is 6.00. The Hall–Kier alpha value is -0.410. The van der Waals surface area contributed by atoms with Crippen LogP contribution in [0.4, 0.5) is 0 Å². The van der Waals surface area contributed by atoms with Gasteiger partial charge in [-0.25, -0.2) is 0 Å². The van der Waals surface area contributed by atoms with Gasteiger partial charge in [0.15, 0.2) is 0 Å². The monoisotopic (exact) mass is 146 g/mol. The predicted molar refractivity (Wildman–Crippen MR) is 43.9 cm³/mol. The third-order valence-corrected chi connectivity index (χ3v) is 0.646. The Morgan fingerprint density at radius 2 is 1.80 bits per heavy atom. The Kier molecular flexibility index (Phi) is 10.6. The minimum absolute atomic E-state index is 0.245. The molecular formula is C7H18N2O. The molecule has 0 bridgehead atoms. The fraction of sp³-hybridized carbons (Fsp3) is 0.857. The van der Waals surface area contributed by atoms with Gasteiger partial charge in [-0.1, -0.05) is 6.92 Å². The zero-order valence-corrected chi connectivity index (χ0v) is 7.29. The van der Waals surface area contributed by atoms with Gasteiger partial charge in [0, 0.05) is 0 Å². The summed E-state index contributed by atoms with van der Waals surface area (Å²) in [5, 5.41) is 0. The Bertz CT molecular complexity index is 71.3. The van der Waals surface area contributed by atoms with Crippen molar-refractivity contribution in [2.24, 2.45) is 5.73 Å². The summed E-state index contributed by atoms with van der Waals surface area (Å²) in [6.07, 6.45) is 1.49. The average Bonchev–Trinajstić information content (AvgIpc) is 1.85. The van der Waals surface area contributed by atoms with Crippen LogP contribution in [0.2, 0.25) is 0 Å². The van der Waals surface area contributed by atoms with E-state index in [-0.39, 0.29) is 6.04 Å². The van der Waals surface area contributed by atoms with Crippen molar-refractivity contribution in [2.45, 2.75) is 19.4 Å². The predicted octanol–water partition coefficient (Wildman–Crippen LogP) is 0.100. The van der Waals surface area contributed by atoms with Gasteiger partial charge in [-0.15, -0.1) is 0 Å². The summed E-state index contributed by atoms with van der Waals surface area (Å²) in [6.45, 7) is 1.87. The summed E-state index contributed by atoms with van der Waals surface area (Å²) < 4.78 is 0. The lowest BCUT2D eigenvalue weighted by Crippen LogP contribution is -2.19. The van der Waals surface area contributed by atoms with E-state index in [4.69, 9.17) is 5.73 Å². The number of aldehydes is 1. The SMILES string of the molecule is CCC(N)C=O.CN(C)C. The average molecular weight is 146 g/mol. The molecule has 0 spiro atoms. The van der Waals surface area contributed by atoms with Crippen molar-refractivity contribution < 1.29 is 4.79 Å². The first-order valence-electron chi connectivity index (χ1n) is 3.36. The third kappa shape index (κ3) is 25.6. The highest BCUT2D eigenvalue weighted by Gasteiger charge is 1.89. The minimum Gasteiger partial charge on any atom is -0.322 e. The van der Waals surface area contributed by atoms with E-state index in [2.05, 4.69) is 0 Å². The van der Waals surface area contributed by atoms with Gasteiger partial charge in [-0.05, 0) is 27.6 Å². The van der Waals surface area contributed by atoms with E-state index in [1.54, 1.807) is 0 Å². The van der Waals surface area contributed by atoms with Crippen LogP contribution in [-0.2, 0) is 4.79 Å². The van der Waals surface area contributed by atoms with Crippen LogP contribution in [0, 0.1) is 0 Å². The van der Waals surface area contributed by atoms with Gasteiger partial charge in [0.2, 0.25) is 0 Å². The molecule has 0 rings (SSSR count). The molecule has 3 nitrogen and oxygen atoms in total. The molecule has 0 heterocycles. The Balaban J connectivity index is 0. The Labute approximate surface area is 63.2 Å². The molecule has 0 aromatic carbocycles.